The SMILES string of the molecule is CC(C)(C)OC(=O)CCCC(N)(C(=O)O)C(=O)OCc1ccccc1.N. The van der Waals surface area contributed by atoms with E-state index in [9.17, 15) is 19.5 Å². The van der Waals surface area contributed by atoms with Crippen LogP contribution < -0.4 is 11.9 Å². The van der Waals surface area contributed by atoms with Crippen LogP contribution in [0.15, 0.2) is 30.3 Å². The van der Waals surface area contributed by atoms with Gasteiger partial charge in [-0.1, -0.05) is 30.3 Å². The Hall–Kier alpha value is -2.45. The largest absolute Gasteiger partial charge is 0.479 e. The van der Waals surface area contributed by atoms with Crippen molar-refractivity contribution in [3.63, 3.8) is 0 Å². The van der Waals surface area contributed by atoms with Crippen molar-refractivity contribution < 1.29 is 29.0 Å². The smallest absolute Gasteiger partial charge is 0.338 e. The number of benzene rings is 1. The van der Waals surface area contributed by atoms with Crippen molar-refractivity contribution in [3.8, 4) is 0 Å². The lowest BCUT2D eigenvalue weighted by Crippen LogP contribution is -2.55. The molecular weight excluding hydrogens is 340 g/mol. The third-order valence-corrected chi connectivity index (χ3v) is 3.33. The molecule has 6 N–H and O–H groups in total. The molecule has 146 valence electrons. The summed E-state index contributed by atoms with van der Waals surface area (Å²) in [5.41, 5.74) is 3.63. The fourth-order valence-electron chi connectivity index (χ4n) is 2.05. The molecule has 0 bridgehead atoms. The summed E-state index contributed by atoms with van der Waals surface area (Å²) in [7, 11) is 0. The Morgan fingerprint density at radius 2 is 1.69 bits per heavy atom. The van der Waals surface area contributed by atoms with Gasteiger partial charge in [-0.25, -0.2) is 9.59 Å². The van der Waals surface area contributed by atoms with Crippen LogP contribution in [0.3, 0.4) is 0 Å². The Balaban J connectivity index is 0.00000625. The number of carboxylic acids is 1. The quantitative estimate of drug-likeness (QED) is 0.466. The molecule has 1 aromatic carbocycles. The molecular formula is C18H28N2O6. The van der Waals surface area contributed by atoms with E-state index in [0.717, 1.165) is 5.56 Å². The molecule has 0 spiro atoms. The lowest BCUT2D eigenvalue weighted by molar-refractivity contribution is -0.163. The van der Waals surface area contributed by atoms with Crippen LogP contribution in [0.4, 0.5) is 0 Å². The number of nitrogens with two attached hydrogens (primary N) is 1. The number of carbonyl (C=O) groups is 3. The van der Waals surface area contributed by atoms with Crippen molar-refractivity contribution in [1.82, 2.24) is 6.15 Å². The van der Waals surface area contributed by atoms with Crippen molar-refractivity contribution in [1.29, 1.82) is 0 Å². The van der Waals surface area contributed by atoms with Crippen molar-refractivity contribution in [2.24, 2.45) is 5.73 Å². The predicted octanol–water partition coefficient (Wildman–Crippen LogP) is 2.19. The first-order chi connectivity index (χ1) is 11.5. The summed E-state index contributed by atoms with van der Waals surface area (Å²) in [5.74, 6) is -3.00. The zero-order chi connectivity index (χ0) is 19.1. The first kappa shape index (κ1) is 23.5. The minimum absolute atomic E-state index is 0. The summed E-state index contributed by atoms with van der Waals surface area (Å²) < 4.78 is 10.2. The van der Waals surface area contributed by atoms with Gasteiger partial charge in [0.2, 0.25) is 5.54 Å². The van der Waals surface area contributed by atoms with E-state index >= 15 is 0 Å². The van der Waals surface area contributed by atoms with E-state index in [1.807, 2.05) is 6.07 Å². The highest BCUT2D eigenvalue weighted by Crippen LogP contribution is 2.17. The van der Waals surface area contributed by atoms with E-state index in [1.165, 1.54) is 0 Å². The van der Waals surface area contributed by atoms with Crippen LogP contribution in [0, 0.1) is 0 Å². The van der Waals surface area contributed by atoms with Crippen LogP contribution in [-0.2, 0) is 30.5 Å². The maximum absolute atomic E-state index is 12.1. The molecule has 0 aliphatic carbocycles. The number of hydrogen-bond donors (Lipinski definition) is 3. The van der Waals surface area contributed by atoms with E-state index in [4.69, 9.17) is 15.2 Å². The Labute approximate surface area is 153 Å². The highest BCUT2D eigenvalue weighted by atomic mass is 16.6. The Morgan fingerprint density at radius 1 is 1.12 bits per heavy atom. The molecule has 8 nitrogen and oxygen atoms in total. The maximum Gasteiger partial charge on any atom is 0.338 e. The second kappa shape index (κ2) is 9.88. The number of aliphatic carboxylic acids is 1. The third-order valence-electron chi connectivity index (χ3n) is 3.33. The fourth-order valence-corrected chi connectivity index (χ4v) is 2.05. The van der Waals surface area contributed by atoms with Gasteiger partial charge in [-0.15, -0.1) is 0 Å². The summed E-state index contributed by atoms with van der Waals surface area (Å²) >= 11 is 0. The van der Waals surface area contributed by atoms with Crippen LogP contribution in [0.5, 0.6) is 0 Å². The summed E-state index contributed by atoms with van der Waals surface area (Å²) in [6.07, 6.45) is -0.164. The Bertz CT molecular complexity index is 612. The summed E-state index contributed by atoms with van der Waals surface area (Å²) in [6, 6.07) is 8.85. The predicted molar refractivity (Wildman–Crippen MR) is 95.5 cm³/mol. The normalized spacial score (nSPS) is 13.1. The first-order valence-electron chi connectivity index (χ1n) is 8.00. The van der Waals surface area contributed by atoms with Crippen LogP contribution >= 0.6 is 0 Å². The minimum Gasteiger partial charge on any atom is -0.479 e. The Kier molecular flexibility index (Phi) is 8.95. The molecule has 1 unspecified atom stereocenters. The van der Waals surface area contributed by atoms with Gasteiger partial charge in [0.25, 0.3) is 0 Å². The molecule has 0 aliphatic rings. The van der Waals surface area contributed by atoms with Gasteiger partial charge < -0.3 is 26.5 Å². The molecule has 8 heteroatoms. The van der Waals surface area contributed by atoms with E-state index in [-0.39, 0.29) is 32.0 Å². The van der Waals surface area contributed by atoms with Gasteiger partial charge in [0, 0.05) is 6.42 Å². The molecule has 0 saturated carbocycles. The van der Waals surface area contributed by atoms with Gasteiger partial charge in [0.05, 0.1) is 0 Å². The number of carboxylic acid groups (broad SMARTS) is 1. The van der Waals surface area contributed by atoms with Gasteiger partial charge in [0.15, 0.2) is 0 Å². The lowest BCUT2D eigenvalue weighted by Gasteiger charge is -2.23. The average molecular weight is 368 g/mol. The van der Waals surface area contributed by atoms with E-state index < -0.39 is 29.0 Å². The third kappa shape index (κ3) is 7.62. The molecule has 0 amide bonds. The number of hydrogen-bond acceptors (Lipinski definition) is 7. The summed E-state index contributed by atoms with van der Waals surface area (Å²) in [4.78, 5) is 35.2. The van der Waals surface area contributed by atoms with Gasteiger partial charge in [-0.3, -0.25) is 4.79 Å². The fraction of sp³-hybridized carbons (Fsp3) is 0.500. The summed E-state index contributed by atoms with van der Waals surface area (Å²) in [6.45, 7) is 5.13. The van der Waals surface area contributed by atoms with E-state index in [0.29, 0.717) is 0 Å². The zero-order valence-corrected chi connectivity index (χ0v) is 15.5. The molecule has 0 heterocycles. The molecule has 0 fully saturated rings. The molecule has 0 radical (unpaired) electrons. The topological polar surface area (TPSA) is 151 Å². The highest BCUT2D eigenvalue weighted by Gasteiger charge is 2.43. The number of esters is 2. The van der Waals surface area contributed by atoms with E-state index in [1.54, 1.807) is 45.0 Å². The standard InChI is InChI=1S/C18H25NO6.H3N/c1-17(2,3)25-14(20)10-7-11-18(19,15(21)22)16(23)24-12-13-8-5-4-6-9-13;/h4-6,8-9H,7,10-12,19H2,1-3H3,(H,21,22);1H3. The number of carbonyl (C=O) groups excluding carboxylic acids is 2. The molecule has 1 aromatic rings. The second-order valence-corrected chi connectivity index (χ2v) is 6.78. The molecule has 1 rings (SSSR count). The zero-order valence-electron chi connectivity index (χ0n) is 15.5. The molecule has 0 saturated heterocycles. The van der Waals surface area contributed by atoms with Crippen molar-refractivity contribution >= 4 is 17.9 Å². The Morgan fingerprint density at radius 3 is 2.19 bits per heavy atom. The van der Waals surface area contributed by atoms with Crippen molar-refractivity contribution in [2.75, 3.05) is 0 Å². The van der Waals surface area contributed by atoms with Crippen LogP contribution in [0.25, 0.3) is 0 Å². The lowest BCUT2D eigenvalue weighted by atomic mass is 9.94. The van der Waals surface area contributed by atoms with Crippen molar-refractivity contribution in [2.45, 2.75) is 57.8 Å². The van der Waals surface area contributed by atoms with Crippen LogP contribution in [0.1, 0.15) is 45.6 Å². The average Bonchev–Trinajstić information content (AvgIpc) is 2.51. The minimum atomic E-state index is -2.20. The van der Waals surface area contributed by atoms with Gasteiger partial charge in [-0.05, 0) is 39.2 Å². The van der Waals surface area contributed by atoms with Crippen LogP contribution in [-0.4, -0.2) is 34.2 Å². The molecule has 0 aliphatic heterocycles. The number of rotatable bonds is 8. The van der Waals surface area contributed by atoms with Gasteiger partial charge in [-0.2, -0.15) is 0 Å². The van der Waals surface area contributed by atoms with Crippen LogP contribution in [0.2, 0.25) is 0 Å². The van der Waals surface area contributed by atoms with Gasteiger partial charge in [0.1, 0.15) is 12.2 Å². The maximum atomic E-state index is 12.1. The molecule has 0 aromatic heterocycles. The monoisotopic (exact) mass is 368 g/mol. The number of ether oxygens (including phenoxy) is 2. The van der Waals surface area contributed by atoms with Crippen molar-refractivity contribution in [3.05, 3.63) is 35.9 Å². The van der Waals surface area contributed by atoms with Gasteiger partial charge >= 0.3 is 17.9 Å². The van der Waals surface area contributed by atoms with E-state index in [2.05, 4.69) is 0 Å². The highest BCUT2D eigenvalue weighted by molar-refractivity contribution is 6.03. The second-order valence-electron chi connectivity index (χ2n) is 6.78. The summed E-state index contributed by atoms with van der Waals surface area (Å²) in [5, 5.41) is 9.31. The first-order valence-corrected chi connectivity index (χ1v) is 8.00. The molecule has 26 heavy (non-hydrogen) atoms. The molecule has 1 atom stereocenters.